The number of pyridine rings is 1. The lowest BCUT2D eigenvalue weighted by Gasteiger charge is -2.29. The van der Waals surface area contributed by atoms with Gasteiger partial charge in [-0.1, -0.05) is 6.07 Å². The molecular formula is C18H13F2NO4. The van der Waals surface area contributed by atoms with Gasteiger partial charge in [0.2, 0.25) is 5.95 Å². The van der Waals surface area contributed by atoms with Crippen molar-refractivity contribution in [2.75, 3.05) is 0 Å². The SMILES string of the molecule is CC1(C)OC(=O)C(=Cc2cc(-c3ccc(F)nc3)ccc2F)C(=O)O1. The molecule has 2 aromatic rings. The molecule has 0 bridgehead atoms. The summed E-state index contributed by atoms with van der Waals surface area (Å²) in [6.45, 7) is 2.84. The van der Waals surface area contributed by atoms with Gasteiger partial charge in [0.25, 0.3) is 5.79 Å². The lowest BCUT2D eigenvalue weighted by atomic mass is 10.0. The molecule has 1 aliphatic rings. The summed E-state index contributed by atoms with van der Waals surface area (Å²) in [6.07, 6.45) is 2.36. The van der Waals surface area contributed by atoms with Crippen molar-refractivity contribution in [3.63, 3.8) is 0 Å². The van der Waals surface area contributed by atoms with Gasteiger partial charge in [0.1, 0.15) is 11.4 Å². The first-order valence-electron chi connectivity index (χ1n) is 7.35. The van der Waals surface area contributed by atoms with Crippen LogP contribution in [-0.4, -0.2) is 22.7 Å². The molecule has 2 heterocycles. The van der Waals surface area contributed by atoms with E-state index in [1.807, 2.05) is 0 Å². The van der Waals surface area contributed by atoms with E-state index in [1.54, 1.807) is 0 Å². The fraction of sp³-hybridized carbons (Fsp3) is 0.167. The van der Waals surface area contributed by atoms with Crippen molar-refractivity contribution in [3.05, 3.63) is 59.4 Å². The van der Waals surface area contributed by atoms with Gasteiger partial charge in [0, 0.05) is 31.2 Å². The van der Waals surface area contributed by atoms with E-state index in [9.17, 15) is 18.4 Å². The van der Waals surface area contributed by atoms with Crippen LogP contribution in [0.5, 0.6) is 0 Å². The van der Waals surface area contributed by atoms with Crippen LogP contribution < -0.4 is 0 Å². The first-order chi connectivity index (χ1) is 11.7. The first kappa shape index (κ1) is 16.8. The maximum absolute atomic E-state index is 14.1. The molecule has 1 aromatic heterocycles. The van der Waals surface area contributed by atoms with E-state index in [2.05, 4.69) is 4.98 Å². The van der Waals surface area contributed by atoms with Crippen LogP contribution >= 0.6 is 0 Å². The Hall–Kier alpha value is -3.09. The van der Waals surface area contributed by atoms with Crippen LogP contribution in [-0.2, 0) is 19.1 Å². The second-order valence-corrected chi connectivity index (χ2v) is 5.84. The highest BCUT2D eigenvalue weighted by molar-refractivity contribution is 6.18. The first-order valence-corrected chi connectivity index (χ1v) is 7.35. The van der Waals surface area contributed by atoms with Crippen LogP contribution in [0.1, 0.15) is 19.4 Å². The van der Waals surface area contributed by atoms with Crippen LogP contribution in [0.3, 0.4) is 0 Å². The quantitative estimate of drug-likeness (QED) is 0.362. The van der Waals surface area contributed by atoms with Gasteiger partial charge in [-0.25, -0.2) is 19.0 Å². The van der Waals surface area contributed by atoms with E-state index >= 15 is 0 Å². The fourth-order valence-corrected chi connectivity index (χ4v) is 2.31. The lowest BCUT2D eigenvalue weighted by Crippen LogP contribution is -2.41. The third-order valence-electron chi connectivity index (χ3n) is 3.47. The van der Waals surface area contributed by atoms with Crippen LogP contribution in [0, 0.1) is 11.8 Å². The molecule has 1 saturated heterocycles. The molecule has 0 saturated carbocycles. The number of hydrogen-bond acceptors (Lipinski definition) is 5. The number of cyclic esters (lactones) is 2. The highest BCUT2D eigenvalue weighted by Crippen LogP contribution is 2.27. The smallest absolute Gasteiger partial charge is 0.348 e. The summed E-state index contributed by atoms with van der Waals surface area (Å²) in [5, 5.41) is 0. The summed E-state index contributed by atoms with van der Waals surface area (Å²) in [5.41, 5.74) is 0.674. The summed E-state index contributed by atoms with van der Waals surface area (Å²) in [6, 6.07) is 6.73. The van der Waals surface area contributed by atoms with Gasteiger partial charge in [-0.3, -0.25) is 0 Å². The Morgan fingerprint density at radius 1 is 1.00 bits per heavy atom. The minimum absolute atomic E-state index is 0.00886. The Morgan fingerprint density at radius 3 is 2.24 bits per heavy atom. The van der Waals surface area contributed by atoms with Crippen LogP contribution in [0.25, 0.3) is 17.2 Å². The molecule has 0 atom stereocenters. The maximum atomic E-state index is 14.1. The molecule has 1 aromatic carbocycles. The topological polar surface area (TPSA) is 65.5 Å². The molecule has 25 heavy (non-hydrogen) atoms. The minimum Gasteiger partial charge on any atom is -0.419 e. The number of carbonyl (C=O) groups is 2. The Morgan fingerprint density at radius 2 is 1.64 bits per heavy atom. The van der Waals surface area contributed by atoms with Crippen LogP contribution in [0.15, 0.2) is 42.1 Å². The number of benzene rings is 1. The molecule has 128 valence electrons. The second kappa shape index (κ2) is 6.08. The van der Waals surface area contributed by atoms with Crippen LogP contribution in [0.4, 0.5) is 8.78 Å². The number of carbonyl (C=O) groups excluding carboxylic acids is 2. The van der Waals surface area contributed by atoms with Crippen molar-refractivity contribution in [2.24, 2.45) is 0 Å². The third kappa shape index (κ3) is 3.55. The largest absolute Gasteiger partial charge is 0.419 e. The van der Waals surface area contributed by atoms with Crippen molar-refractivity contribution in [1.82, 2.24) is 4.98 Å². The van der Waals surface area contributed by atoms with Gasteiger partial charge in [-0.05, 0) is 35.9 Å². The van der Waals surface area contributed by atoms with Gasteiger partial charge in [0.05, 0.1) is 0 Å². The molecular weight excluding hydrogens is 332 g/mol. The van der Waals surface area contributed by atoms with Gasteiger partial charge in [-0.2, -0.15) is 4.39 Å². The average molecular weight is 345 g/mol. The average Bonchev–Trinajstić information content (AvgIpc) is 2.52. The molecule has 5 nitrogen and oxygen atoms in total. The number of aromatic nitrogens is 1. The molecule has 1 fully saturated rings. The number of ether oxygens (including phenoxy) is 2. The summed E-state index contributed by atoms with van der Waals surface area (Å²) in [4.78, 5) is 27.5. The maximum Gasteiger partial charge on any atom is 0.348 e. The molecule has 0 aliphatic carbocycles. The van der Waals surface area contributed by atoms with Crippen LogP contribution in [0.2, 0.25) is 0 Å². The normalized spacial score (nSPS) is 16.2. The molecule has 0 N–H and O–H groups in total. The molecule has 1 aliphatic heterocycles. The lowest BCUT2D eigenvalue weighted by molar-refractivity contribution is -0.222. The van der Waals surface area contributed by atoms with Gasteiger partial charge < -0.3 is 9.47 Å². The zero-order valence-electron chi connectivity index (χ0n) is 13.4. The van der Waals surface area contributed by atoms with Gasteiger partial charge in [0.15, 0.2) is 0 Å². The van der Waals surface area contributed by atoms with Crippen molar-refractivity contribution >= 4 is 18.0 Å². The Kier molecular flexibility index (Phi) is 4.08. The summed E-state index contributed by atoms with van der Waals surface area (Å²) in [5.74, 6) is -4.43. The van der Waals surface area contributed by atoms with Crippen molar-refractivity contribution < 1.29 is 27.8 Å². The number of nitrogens with zero attached hydrogens (tertiary/aromatic N) is 1. The highest BCUT2D eigenvalue weighted by atomic mass is 19.1. The third-order valence-corrected chi connectivity index (χ3v) is 3.47. The Labute approximate surface area is 141 Å². The number of hydrogen-bond donors (Lipinski definition) is 0. The molecule has 0 amide bonds. The van der Waals surface area contributed by atoms with Gasteiger partial charge >= 0.3 is 11.9 Å². The Bertz CT molecular complexity index is 866. The molecule has 3 rings (SSSR count). The van der Waals surface area contributed by atoms with E-state index in [4.69, 9.17) is 9.47 Å². The second-order valence-electron chi connectivity index (χ2n) is 5.84. The van der Waals surface area contributed by atoms with E-state index in [-0.39, 0.29) is 5.56 Å². The fourth-order valence-electron chi connectivity index (χ4n) is 2.31. The molecule has 0 spiro atoms. The monoisotopic (exact) mass is 345 g/mol. The number of halogens is 2. The van der Waals surface area contributed by atoms with E-state index in [1.165, 1.54) is 50.4 Å². The highest BCUT2D eigenvalue weighted by Gasteiger charge is 2.38. The van der Waals surface area contributed by atoms with E-state index in [0.717, 1.165) is 6.08 Å². The number of esters is 2. The van der Waals surface area contributed by atoms with Crippen molar-refractivity contribution in [3.8, 4) is 11.1 Å². The number of rotatable bonds is 2. The molecule has 0 radical (unpaired) electrons. The van der Waals surface area contributed by atoms with E-state index in [0.29, 0.717) is 11.1 Å². The predicted octanol–water partition coefficient (Wildman–Crippen LogP) is 3.25. The summed E-state index contributed by atoms with van der Waals surface area (Å²) >= 11 is 0. The minimum atomic E-state index is -1.37. The predicted molar refractivity (Wildman–Crippen MR) is 83.8 cm³/mol. The summed E-state index contributed by atoms with van der Waals surface area (Å²) in [7, 11) is 0. The van der Waals surface area contributed by atoms with Gasteiger partial charge in [-0.15, -0.1) is 0 Å². The summed E-state index contributed by atoms with van der Waals surface area (Å²) < 4.78 is 37.0. The zero-order chi connectivity index (χ0) is 18.2. The zero-order valence-corrected chi connectivity index (χ0v) is 13.4. The van der Waals surface area contributed by atoms with E-state index < -0.39 is 35.1 Å². The molecule has 7 heteroatoms. The standard InChI is InChI=1S/C18H13F2NO4/c1-18(2)24-16(22)13(17(23)25-18)8-12-7-10(3-5-14(12)19)11-4-6-15(20)21-9-11/h3-9H,1-2H3. The Balaban J connectivity index is 2.00. The van der Waals surface area contributed by atoms with Crippen molar-refractivity contribution in [2.45, 2.75) is 19.6 Å². The molecule has 0 unspecified atom stereocenters. The van der Waals surface area contributed by atoms with Crippen molar-refractivity contribution in [1.29, 1.82) is 0 Å².